The molecule has 0 aromatic carbocycles. The molecule has 0 saturated carbocycles. The van der Waals surface area contributed by atoms with Crippen LogP contribution in [0, 0.1) is 0 Å². The molecule has 0 spiro atoms. The highest BCUT2D eigenvalue weighted by molar-refractivity contribution is 5.75. The molecule has 0 aliphatic carbocycles. The van der Waals surface area contributed by atoms with Gasteiger partial charge in [-0.15, -0.1) is 0 Å². The SMILES string of the molecule is O=C(O)C(F)(F)COF. The van der Waals surface area contributed by atoms with Crippen LogP contribution in [0.2, 0.25) is 0 Å². The van der Waals surface area contributed by atoms with Gasteiger partial charge < -0.3 is 5.11 Å². The Morgan fingerprint density at radius 1 is 1.67 bits per heavy atom. The maximum atomic E-state index is 11.6. The zero-order valence-corrected chi connectivity index (χ0v) is 4.10. The van der Waals surface area contributed by atoms with Crippen LogP contribution in [0.4, 0.5) is 13.3 Å². The van der Waals surface area contributed by atoms with Crippen molar-refractivity contribution in [1.82, 2.24) is 0 Å². The van der Waals surface area contributed by atoms with Gasteiger partial charge in [0.1, 0.15) is 0 Å². The molecule has 0 fully saturated rings. The van der Waals surface area contributed by atoms with Crippen LogP contribution in [0.5, 0.6) is 0 Å². The summed E-state index contributed by atoms with van der Waals surface area (Å²) in [6, 6.07) is 0. The van der Waals surface area contributed by atoms with Gasteiger partial charge >= 0.3 is 11.9 Å². The molecule has 0 aromatic heterocycles. The summed E-state index contributed by atoms with van der Waals surface area (Å²) in [5.74, 6) is -6.53. The van der Waals surface area contributed by atoms with Gasteiger partial charge in [-0.1, -0.05) is 0 Å². The first-order valence-electron chi connectivity index (χ1n) is 1.85. The van der Waals surface area contributed by atoms with Gasteiger partial charge in [-0.3, -0.25) is 0 Å². The monoisotopic (exact) mass is 144 g/mol. The Morgan fingerprint density at radius 2 is 2.11 bits per heavy atom. The summed E-state index contributed by atoms with van der Waals surface area (Å²) >= 11 is 0. The molecule has 0 aliphatic heterocycles. The van der Waals surface area contributed by atoms with Gasteiger partial charge in [-0.05, 0) is 4.53 Å². The first-order valence-corrected chi connectivity index (χ1v) is 1.85. The van der Waals surface area contributed by atoms with Gasteiger partial charge in [0.05, 0.1) is 0 Å². The lowest BCUT2D eigenvalue weighted by molar-refractivity contribution is -0.212. The molecule has 0 heterocycles. The fourth-order valence-corrected chi connectivity index (χ4v) is 0.130. The lowest BCUT2D eigenvalue weighted by Crippen LogP contribution is -2.32. The predicted octanol–water partition coefficient (Wildman–Crippen LogP) is 0.607. The van der Waals surface area contributed by atoms with Crippen LogP contribution in [0.3, 0.4) is 0 Å². The highest BCUT2D eigenvalue weighted by atomic mass is 19.3. The van der Waals surface area contributed by atoms with Crippen molar-refractivity contribution in [1.29, 1.82) is 0 Å². The number of hydrogen-bond donors (Lipinski definition) is 1. The zero-order chi connectivity index (χ0) is 7.49. The van der Waals surface area contributed by atoms with E-state index in [1.54, 1.807) is 0 Å². The summed E-state index contributed by atoms with van der Waals surface area (Å²) in [6.45, 7) is -1.75. The third kappa shape index (κ3) is 2.31. The second-order valence-electron chi connectivity index (χ2n) is 1.26. The highest BCUT2D eigenvalue weighted by Gasteiger charge is 2.39. The van der Waals surface area contributed by atoms with Crippen molar-refractivity contribution in [3.63, 3.8) is 0 Å². The van der Waals surface area contributed by atoms with Crippen LogP contribution in [-0.4, -0.2) is 23.6 Å². The minimum absolute atomic E-state index is 1.75. The summed E-state index contributed by atoms with van der Waals surface area (Å²) in [6.07, 6.45) is 0. The van der Waals surface area contributed by atoms with Gasteiger partial charge in [-0.25, -0.2) is 4.79 Å². The molecule has 1 N–H and O–H groups in total. The van der Waals surface area contributed by atoms with E-state index in [4.69, 9.17) is 5.11 Å². The van der Waals surface area contributed by atoms with E-state index in [2.05, 4.69) is 4.94 Å². The molecule has 0 bridgehead atoms. The van der Waals surface area contributed by atoms with E-state index >= 15 is 0 Å². The number of alkyl halides is 2. The molecule has 0 radical (unpaired) electrons. The van der Waals surface area contributed by atoms with Crippen LogP contribution in [0.15, 0.2) is 0 Å². The first-order chi connectivity index (χ1) is 4.00. The Bertz CT molecular complexity index is 113. The molecular formula is C3H3F3O3. The molecule has 3 nitrogen and oxygen atoms in total. The molecular weight excluding hydrogens is 141 g/mol. The molecule has 0 rings (SSSR count). The third-order valence-electron chi connectivity index (χ3n) is 0.549. The van der Waals surface area contributed by atoms with E-state index in [0.29, 0.717) is 0 Å². The minimum atomic E-state index is -4.13. The van der Waals surface area contributed by atoms with E-state index in [0.717, 1.165) is 0 Å². The Kier molecular flexibility index (Phi) is 2.44. The van der Waals surface area contributed by atoms with Crippen LogP contribution in [0.1, 0.15) is 0 Å². The molecule has 0 aromatic rings. The largest absolute Gasteiger partial charge is 0.477 e. The average Bonchev–Trinajstić information content (AvgIpc) is 1.65. The van der Waals surface area contributed by atoms with E-state index in [1.165, 1.54) is 0 Å². The van der Waals surface area contributed by atoms with Crippen molar-refractivity contribution in [3.8, 4) is 0 Å². The number of aliphatic carboxylic acids is 1. The Balaban J connectivity index is 3.85. The first kappa shape index (κ1) is 8.22. The van der Waals surface area contributed by atoms with Crippen molar-refractivity contribution in [2.24, 2.45) is 0 Å². The maximum Gasteiger partial charge on any atom is 0.377 e. The number of carboxylic acid groups (broad SMARTS) is 1. The van der Waals surface area contributed by atoms with Gasteiger partial charge in [0.15, 0.2) is 6.61 Å². The normalized spacial score (nSPS) is 11.4. The van der Waals surface area contributed by atoms with Gasteiger partial charge in [0.2, 0.25) is 0 Å². The molecule has 0 unspecified atom stereocenters. The highest BCUT2D eigenvalue weighted by Crippen LogP contribution is 2.13. The Morgan fingerprint density at radius 3 is 2.22 bits per heavy atom. The lowest BCUT2D eigenvalue weighted by atomic mass is 10.4. The standard InChI is InChI=1S/C3H3F3O3/c4-3(5,1-9-6)2(7)8/h1H2,(H,7,8). The molecule has 6 heteroatoms. The van der Waals surface area contributed by atoms with Crippen LogP contribution < -0.4 is 0 Å². The van der Waals surface area contributed by atoms with E-state index in [1.807, 2.05) is 0 Å². The predicted molar refractivity (Wildman–Crippen MR) is 19.6 cm³/mol. The van der Waals surface area contributed by atoms with Gasteiger partial charge in [0.25, 0.3) is 0 Å². The summed E-state index contributed by atoms with van der Waals surface area (Å²) < 4.78 is 33.8. The smallest absolute Gasteiger partial charge is 0.377 e. The number of hydrogen-bond acceptors (Lipinski definition) is 2. The average molecular weight is 144 g/mol. The fraction of sp³-hybridized carbons (Fsp3) is 0.667. The van der Waals surface area contributed by atoms with Crippen molar-refractivity contribution < 1.29 is 28.1 Å². The van der Waals surface area contributed by atoms with E-state index in [-0.39, 0.29) is 0 Å². The van der Waals surface area contributed by atoms with Gasteiger partial charge in [0, 0.05) is 0 Å². The van der Waals surface area contributed by atoms with E-state index < -0.39 is 18.5 Å². The van der Waals surface area contributed by atoms with Crippen molar-refractivity contribution >= 4 is 5.97 Å². The molecule has 54 valence electrons. The molecule has 9 heavy (non-hydrogen) atoms. The summed E-state index contributed by atoms with van der Waals surface area (Å²) in [5, 5.41) is 7.58. The van der Waals surface area contributed by atoms with Crippen LogP contribution >= 0.6 is 0 Å². The fourth-order valence-electron chi connectivity index (χ4n) is 0.130. The minimum Gasteiger partial charge on any atom is -0.477 e. The lowest BCUT2D eigenvalue weighted by Gasteiger charge is -2.05. The molecule has 0 atom stereocenters. The summed E-state index contributed by atoms with van der Waals surface area (Å²) in [7, 11) is 0. The third-order valence-corrected chi connectivity index (χ3v) is 0.549. The number of halogens is 3. The van der Waals surface area contributed by atoms with Crippen molar-refractivity contribution in [2.45, 2.75) is 5.92 Å². The van der Waals surface area contributed by atoms with Crippen LogP contribution in [0.25, 0.3) is 0 Å². The summed E-state index contributed by atoms with van der Waals surface area (Å²) in [4.78, 5) is 11.9. The van der Waals surface area contributed by atoms with Crippen LogP contribution in [-0.2, 0) is 9.74 Å². The second kappa shape index (κ2) is 2.67. The number of carboxylic acids is 1. The zero-order valence-electron chi connectivity index (χ0n) is 4.10. The second-order valence-corrected chi connectivity index (χ2v) is 1.26. The molecule has 0 aliphatic rings. The maximum absolute atomic E-state index is 11.6. The summed E-state index contributed by atoms with van der Waals surface area (Å²) in [5.41, 5.74) is 0. The number of rotatable bonds is 3. The van der Waals surface area contributed by atoms with Crippen molar-refractivity contribution in [2.75, 3.05) is 6.61 Å². The Hall–Kier alpha value is -0.780. The Labute approximate surface area is 47.9 Å². The van der Waals surface area contributed by atoms with Crippen molar-refractivity contribution in [3.05, 3.63) is 0 Å². The quantitative estimate of drug-likeness (QED) is 0.631. The number of carbonyl (C=O) groups is 1. The molecule has 0 saturated heterocycles. The molecule has 0 amide bonds. The topological polar surface area (TPSA) is 46.5 Å². The van der Waals surface area contributed by atoms with Gasteiger partial charge in [-0.2, -0.15) is 13.7 Å². The van der Waals surface area contributed by atoms with E-state index in [9.17, 15) is 18.1 Å².